The molecule has 0 radical (unpaired) electrons. The lowest BCUT2D eigenvalue weighted by Crippen LogP contribution is -1.85. The molecule has 0 aliphatic heterocycles. The Kier molecular flexibility index (Phi) is 2.91. The average molecular weight is 174 g/mol. The molecule has 0 fully saturated rings. The molecule has 0 amide bonds. The van der Waals surface area contributed by atoms with Crippen LogP contribution in [0.4, 0.5) is 0 Å². The Bertz CT molecular complexity index is 319. The van der Waals surface area contributed by atoms with Crippen LogP contribution in [-0.2, 0) is 4.74 Å². The van der Waals surface area contributed by atoms with Crippen molar-refractivity contribution in [3.8, 4) is 0 Å². The lowest BCUT2D eigenvalue weighted by atomic mass is 10.1. The minimum atomic E-state index is 0.688. The molecule has 0 atom stereocenters. The summed E-state index contributed by atoms with van der Waals surface area (Å²) < 4.78 is 5.02. The summed E-state index contributed by atoms with van der Waals surface area (Å²) in [6.07, 6.45) is 0. The Morgan fingerprint density at radius 2 is 1.54 bits per heavy atom. The first-order valence-electron chi connectivity index (χ1n) is 4.14. The molecule has 1 rings (SSSR count). The summed E-state index contributed by atoms with van der Waals surface area (Å²) in [5.41, 5.74) is 3.22. The molecule has 0 spiro atoms. The summed E-state index contributed by atoms with van der Waals surface area (Å²) in [5, 5.41) is 0. The van der Waals surface area contributed by atoms with Gasteiger partial charge in [-0.2, -0.15) is 0 Å². The first kappa shape index (κ1) is 9.59. The second kappa shape index (κ2) is 3.94. The summed E-state index contributed by atoms with van der Waals surface area (Å²) in [6.45, 7) is 9.63. The van der Waals surface area contributed by atoms with Crippen molar-refractivity contribution >= 4 is 11.3 Å². The van der Waals surface area contributed by atoms with Crippen LogP contribution in [0.2, 0.25) is 0 Å². The first-order valence-corrected chi connectivity index (χ1v) is 4.14. The van der Waals surface area contributed by atoms with E-state index in [0.29, 0.717) is 5.76 Å². The largest absolute Gasteiger partial charge is 0.497 e. The minimum absolute atomic E-state index is 0.688. The predicted molar refractivity (Wildman–Crippen MR) is 57.2 cm³/mol. The first-order chi connectivity index (χ1) is 6.15. The fourth-order valence-corrected chi connectivity index (χ4v) is 1.06. The molecular weight excluding hydrogens is 160 g/mol. The van der Waals surface area contributed by atoms with E-state index >= 15 is 0 Å². The van der Waals surface area contributed by atoms with Crippen LogP contribution in [0.3, 0.4) is 0 Å². The highest BCUT2D eigenvalue weighted by atomic mass is 16.5. The van der Waals surface area contributed by atoms with E-state index in [1.165, 1.54) is 0 Å². The molecule has 0 aliphatic rings. The van der Waals surface area contributed by atoms with E-state index in [0.717, 1.165) is 16.7 Å². The molecule has 1 heteroatoms. The third kappa shape index (κ3) is 2.22. The SMILES string of the molecule is C=C(C)c1ccc(C(=C)OC)cc1. The monoisotopic (exact) mass is 174 g/mol. The van der Waals surface area contributed by atoms with Crippen LogP contribution in [-0.4, -0.2) is 7.11 Å². The number of allylic oxidation sites excluding steroid dienone is 1. The smallest absolute Gasteiger partial charge is 0.118 e. The van der Waals surface area contributed by atoms with Gasteiger partial charge in [0, 0.05) is 5.56 Å². The van der Waals surface area contributed by atoms with Crippen LogP contribution < -0.4 is 0 Å². The number of rotatable bonds is 3. The van der Waals surface area contributed by atoms with Gasteiger partial charge in [0.15, 0.2) is 0 Å². The van der Waals surface area contributed by atoms with Crippen LogP contribution in [0.25, 0.3) is 11.3 Å². The summed E-state index contributed by atoms with van der Waals surface area (Å²) in [6, 6.07) is 8.00. The van der Waals surface area contributed by atoms with Crippen molar-refractivity contribution in [2.75, 3.05) is 7.11 Å². The van der Waals surface area contributed by atoms with Crippen LogP contribution >= 0.6 is 0 Å². The summed E-state index contributed by atoms with van der Waals surface area (Å²) >= 11 is 0. The van der Waals surface area contributed by atoms with Crippen molar-refractivity contribution in [1.82, 2.24) is 0 Å². The van der Waals surface area contributed by atoms with Crippen molar-refractivity contribution in [2.45, 2.75) is 6.92 Å². The molecule has 0 unspecified atom stereocenters. The topological polar surface area (TPSA) is 9.23 Å². The minimum Gasteiger partial charge on any atom is -0.497 e. The van der Waals surface area contributed by atoms with E-state index in [2.05, 4.69) is 13.2 Å². The van der Waals surface area contributed by atoms with Gasteiger partial charge in [0.25, 0.3) is 0 Å². The van der Waals surface area contributed by atoms with Gasteiger partial charge in [0.2, 0.25) is 0 Å². The third-order valence-electron chi connectivity index (χ3n) is 1.95. The Morgan fingerprint density at radius 1 is 1.08 bits per heavy atom. The zero-order valence-corrected chi connectivity index (χ0v) is 8.13. The molecule has 0 saturated carbocycles. The van der Waals surface area contributed by atoms with Crippen molar-refractivity contribution < 1.29 is 4.74 Å². The van der Waals surface area contributed by atoms with Gasteiger partial charge in [-0.05, 0) is 12.5 Å². The van der Waals surface area contributed by atoms with Crippen LogP contribution in [0.15, 0.2) is 37.4 Å². The van der Waals surface area contributed by atoms with E-state index in [4.69, 9.17) is 4.74 Å². The molecular formula is C12H14O. The molecule has 1 aromatic rings. The summed E-state index contributed by atoms with van der Waals surface area (Å²) in [7, 11) is 1.62. The van der Waals surface area contributed by atoms with E-state index in [9.17, 15) is 0 Å². The van der Waals surface area contributed by atoms with Crippen LogP contribution in [0.5, 0.6) is 0 Å². The Morgan fingerprint density at radius 3 is 1.92 bits per heavy atom. The van der Waals surface area contributed by atoms with Crippen molar-refractivity contribution in [3.63, 3.8) is 0 Å². The standard InChI is InChI=1S/C12H14O/c1-9(2)11-5-7-12(8-6-11)10(3)13-4/h5-8H,1,3H2,2,4H3. The predicted octanol–water partition coefficient (Wildman–Crippen LogP) is 3.34. The number of hydrogen-bond donors (Lipinski definition) is 0. The van der Waals surface area contributed by atoms with E-state index in [1.54, 1.807) is 7.11 Å². The summed E-state index contributed by atoms with van der Waals surface area (Å²) in [4.78, 5) is 0. The molecule has 0 heterocycles. The zero-order valence-electron chi connectivity index (χ0n) is 8.13. The maximum atomic E-state index is 5.02. The third-order valence-corrected chi connectivity index (χ3v) is 1.95. The molecule has 0 bridgehead atoms. The maximum absolute atomic E-state index is 5.02. The fourth-order valence-electron chi connectivity index (χ4n) is 1.06. The Hall–Kier alpha value is -1.50. The quantitative estimate of drug-likeness (QED) is 0.638. The van der Waals surface area contributed by atoms with Gasteiger partial charge in [0.1, 0.15) is 5.76 Å². The maximum Gasteiger partial charge on any atom is 0.118 e. The average Bonchev–Trinajstić information content (AvgIpc) is 2.17. The second-order valence-corrected chi connectivity index (χ2v) is 2.98. The Balaban J connectivity index is 2.93. The molecule has 0 saturated heterocycles. The van der Waals surface area contributed by atoms with Gasteiger partial charge in [-0.15, -0.1) is 0 Å². The molecule has 1 aromatic carbocycles. The Labute approximate surface area is 79.4 Å². The van der Waals surface area contributed by atoms with Gasteiger partial charge in [0.05, 0.1) is 7.11 Å². The van der Waals surface area contributed by atoms with Gasteiger partial charge in [-0.25, -0.2) is 0 Å². The highest BCUT2D eigenvalue weighted by Crippen LogP contribution is 2.17. The highest BCUT2D eigenvalue weighted by molar-refractivity contribution is 5.65. The molecule has 0 N–H and O–H groups in total. The van der Waals surface area contributed by atoms with E-state index in [1.807, 2.05) is 31.2 Å². The number of hydrogen-bond acceptors (Lipinski definition) is 1. The number of benzene rings is 1. The molecule has 13 heavy (non-hydrogen) atoms. The van der Waals surface area contributed by atoms with Crippen molar-refractivity contribution in [3.05, 3.63) is 48.6 Å². The molecule has 68 valence electrons. The van der Waals surface area contributed by atoms with Gasteiger partial charge in [-0.3, -0.25) is 0 Å². The molecule has 0 aliphatic carbocycles. The molecule has 1 nitrogen and oxygen atoms in total. The van der Waals surface area contributed by atoms with Crippen molar-refractivity contribution in [2.24, 2.45) is 0 Å². The number of methoxy groups -OCH3 is 1. The normalized spacial score (nSPS) is 9.38. The lowest BCUT2D eigenvalue weighted by molar-refractivity contribution is 0.371. The van der Waals surface area contributed by atoms with Crippen LogP contribution in [0, 0.1) is 0 Å². The van der Waals surface area contributed by atoms with Gasteiger partial charge in [-0.1, -0.05) is 43.0 Å². The highest BCUT2D eigenvalue weighted by Gasteiger charge is 1.98. The fraction of sp³-hybridized carbons (Fsp3) is 0.167. The second-order valence-electron chi connectivity index (χ2n) is 2.98. The van der Waals surface area contributed by atoms with Crippen molar-refractivity contribution in [1.29, 1.82) is 0 Å². The van der Waals surface area contributed by atoms with Crippen LogP contribution in [0.1, 0.15) is 18.1 Å². The van der Waals surface area contributed by atoms with Gasteiger partial charge < -0.3 is 4.74 Å². The summed E-state index contributed by atoms with van der Waals surface area (Å²) in [5.74, 6) is 0.688. The zero-order chi connectivity index (χ0) is 9.84. The number of ether oxygens (including phenoxy) is 1. The lowest BCUT2D eigenvalue weighted by Gasteiger charge is -2.05. The van der Waals surface area contributed by atoms with Gasteiger partial charge >= 0.3 is 0 Å². The van der Waals surface area contributed by atoms with E-state index in [-0.39, 0.29) is 0 Å². The van der Waals surface area contributed by atoms with E-state index < -0.39 is 0 Å². The molecule has 0 aromatic heterocycles.